The van der Waals surface area contributed by atoms with Gasteiger partial charge in [-0.25, -0.2) is 10.2 Å². The quantitative estimate of drug-likeness (QED) is 0.598. The van der Waals surface area contributed by atoms with E-state index in [1.54, 1.807) is 23.3 Å². The van der Waals surface area contributed by atoms with Gasteiger partial charge < -0.3 is 5.21 Å². The summed E-state index contributed by atoms with van der Waals surface area (Å²) in [5.41, 5.74) is 2.95. The van der Waals surface area contributed by atoms with Crippen LogP contribution in [0.5, 0.6) is 0 Å². The number of aromatic nitrogens is 2. The van der Waals surface area contributed by atoms with Crippen molar-refractivity contribution in [1.29, 1.82) is 0 Å². The third-order valence-electron chi connectivity index (χ3n) is 1.13. The summed E-state index contributed by atoms with van der Waals surface area (Å²) < 4.78 is 1.58. The van der Waals surface area contributed by atoms with E-state index in [2.05, 4.69) is 11.7 Å². The average molecular weight is 139 g/mol. The van der Waals surface area contributed by atoms with E-state index in [1.807, 2.05) is 5.48 Å². The zero-order valence-electron chi connectivity index (χ0n) is 5.49. The lowest BCUT2D eigenvalue weighted by Crippen LogP contribution is -2.04. The minimum Gasteiger partial charge on any atom is -0.316 e. The first kappa shape index (κ1) is 6.98. The van der Waals surface area contributed by atoms with Crippen LogP contribution in [0, 0.1) is 0 Å². The summed E-state index contributed by atoms with van der Waals surface area (Å²) in [5.74, 6) is 0. The van der Waals surface area contributed by atoms with E-state index in [0.717, 1.165) is 5.56 Å². The van der Waals surface area contributed by atoms with Gasteiger partial charge in [0.25, 0.3) is 0 Å². The molecule has 0 bridgehead atoms. The molecule has 0 unspecified atom stereocenters. The van der Waals surface area contributed by atoms with Crippen molar-refractivity contribution in [3.8, 4) is 0 Å². The van der Waals surface area contributed by atoms with Crippen LogP contribution in [0.3, 0.4) is 0 Å². The van der Waals surface area contributed by atoms with Crippen molar-refractivity contribution in [2.24, 2.45) is 0 Å². The van der Waals surface area contributed by atoms with Gasteiger partial charge >= 0.3 is 0 Å². The van der Waals surface area contributed by atoms with Gasteiger partial charge in [-0.15, -0.1) is 0 Å². The summed E-state index contributed by atoms with van der Waals surface area (Å²) in [6.07, 6.45) is 5.02. The highest BCUT2D eigenvalue weighted by atomic mass is 16.5. The minimum absolute atomic E-state index is 0.411. The summed E-state index contributed by atoms with van der Waals surface area (Å²) in [6, 6.07) is 0. The molecule has 0 radical (unpaired) electrons. The summed E-state index contributed by atoms with van der Waals surface area (Å²) in [4.78, 5) is 0. The summed E-state index contributed by atoms with van der Waals surface area (Å²) in [5, 5.41) is 12.2. The number of nitrogens with one attached hydrogen (secondary N) is 1. The number of hydrogen-bond donors (Lipinski definition) is 2. The van der Waals surface area contributed by atoms with Crippen LogP contribution in [-0.2, 0) is 6.54 Å². The van der Waals surface area contributed by atoms with Crippen LogP contribution in [0.25, 0.3) is 6.20 Å². The second-order valence-electron chi connectivity index (χ2n) is 1.85. The van der Waals surface area contributed by atoms with Gasteiger partial charge in [-0.2, -0.15) is 5.10 Å². The molecule has 0 aliphatic carbocycles. The SMILES string of the molecule is C=Cn1cc(CNO)cn1. The first-order valence-corrected chi connectivity index (χ1v) is 2.89. The molecule has 4 heteroatoms. The largest absolute Gasteiger partial charge is 0.316 e. The second-order valence-corrected chi connectivity index (χ2v) is 1.85. The van der Waals surface area contributed by atoms with Crippen molar-refractivity contribution in [3.05, 3.63) is 24.5 Å². The molecule has 2 N–H and O–H groups in total. The van der Waals surface area contributed by atoms with Gasteiger partial charge in [0.05, 0.1) is 6.20 Å². The maximum Gasteiger partial charge on any atom is 0.0539 e. The molecule has 0 amide bonds. The highest BCUT2D eigenvalue weighted by Crippen LogP contribution is 1.95. The zero-order chi connectivity index (χ0) is 7.40. The molecule has 4 nitrogen and oxygen atoms in total. The van der Waals surface area contributed by atoms with E-state index in [9.17, 15) is 0 Å². The maximum atomic E-state index is 8.29. The molecular weight excluding hydrogens is 130 g/mol. The topological polar surface area (TPSA) is 50.1 Å². The molecule has 0 saturated carbocycles. The highest BCUT2D eigenvalue weighted by molar-refractivity contribution is 5.17. The number of hydrogen-bond acceptors (Lipinski definition) is 3. The Kier molecular flexibility index (Phi) is 2.20. The maximum absolute atomic E-state index is 8.29. The predicted octanol–water partition coefficient (Wildman–Crippen LogP) is 0.462. The Hall–Kier alpha value is -1.13. The molecule has 0 atom stereocenters. The Bertz CT molecular complexity index is 219. The normalized spacial score (nSPS) is 9.70. The lowest BCUT2D eigenvalue weighted by Gasteiger charge is -1.89. The fraction of sp³-hybridized carbons (Fsp3) is 0.167. The lowest BCUT2D eigenvalue weighted by molar-refractivity contribution is 0.161. The molecular formula is C6H9N3O. The van der Waals surface area contributed by atoms with Gasteiger partial charge in [-0.3, -0.25) is 0 Å². The van der Waals surface area contributed by atoms with Gasteiger partial charge in [0.15, 0.2) is 0 Å². The first-order chi connectivity index (χ1) is 4.86. The standard InChI is InChI=1S/C6H9N3O/c1-2-9-5-6(3-7-9)4-8-10/h2-3,5,8,10H,1,4H2. The van der Waals surface area contributed by atoms with Crippen molar-refractivity contribution in [2.45, 2.75) is 6.54 Å². The third kappa shape index (κ3) is 1.43. The third-order valence-corrected chi connectivity index (χ3v) is 1.13. The highest BCUT2D eigenvalue weighted by Gasteiger charge is 1.92. The zero-order valence-corrected chi connectivity index (χ0v) is 5.49. The lowest BCUT2D eigenvalue weighted by atomic mass is 10.4. The van der Waals surface area contributed by atoms with Gasteiger partial charge in [-0.05, 0) is 0 Å². The molecule has 1 rings (SSSR count). The van der Waals surface area contributed by atoms with E-state index >= 15 is 0 Å². The van der Waals surface area contributed by atoms with Crippen molar-refractivity contribution in [1.82, 2.24) is 15.3 Å². The molecule has 1 aromatic heterocycles. The Morgan fingerprint density at radius 1 is 1.90 bits per heavy atom. The van der Waals surface area contributed by atoms with Crippen LogP contribution in [0.4, 0.5) is 0 Å². The Balaban J connectivity index is 2.68. The fourth-order valence-corrected chi connectivity index (χ4v) is 0.660. The van der Waals surface area contributed by atoms with Crippen LogP contribution in [0.15, 0.2) is 19.0 Å². The number of rotatable bonds is 3. The molecule has 0 aliphatic heterocycles. The van der Waals surface area contributed by atoms with Crippen molar-refractivity contribution in [3.63, 3.8) is 0 Å². The Labute approximate surface area is 58.7 Å². The summed E-state index contributed by atoms with van der Waals surface area (Å²) in [7, 11) is 0. The number of hydroxylamine groups is 1. The van der Waals surface area contributed by atoms with E-state index in [0.29, 0.717) is 6.54 Å². The predicted molar refractivity (Wildman–Crippen MR) is 37.2 cm³/mol. The first-order valence-electron chi connectivity index (χ1n) is 2.89. The molecule has 0 aliphatic rings. The van der Waals surface area contributed by atoms with Crippen LogP contribution in [0.2, 0.25) is 0 Å². The number of nitrogens with zero attached hydrogens (tertiary/aromatic N) is 2. The van der Waals surface area contributed by atoms with Gasteiger partial charge in [-0.1, -0.05) is 6.58 Å². The van der Waals surface area contributed by atoms with E-state index in [4.69, 9.17) is 5.21 Å². The summed E-state index contributed by atoms with van der Waals surface area (Å²) >= 11 is 0. The molecule has 10 heavy (non-hydrogen) atoms. The molecule has 0 spiro atoms. The monoisotopic (exact) mass is 139 g/mol. The van der Waals surface area contributed by atoms with Crippen LogP contribution >= 0.6 is 0 Å². The van der Waals surface area contributed by atoms with Gasteiger partial charge in [0.2, 0.25) is 0 Å². The van der Waals surface area contributed by atoms with Gasteiger partial charge in [0, 0.05) is 24.5 Å². The molecule has 0 saturated heterocycles. The van der Waals surface area contributed by atoms with Crippen molar-refractivity contribution in [2.75, 3.05) is 0 Å². The van der Waals surface area contributed by atoms with Crippen LogP contribution in [0.1, 0.15) is 5.56 Å². The Morgan fingerprint density at radius 2 is 2.70 bits per heavy atom. The van der Waals surface area contributed by atoms with Crippen LogP contribution < -0.4 is 5.48 Å². The minimum atomic E-state index is 0.411. The average Bonchev–Trinajstić information content (AvgIpc) is 2.37. The van der Waals surface area contributed by atoms with E-state index < -0.39 is 0 Å². The van der Waals surface area contributed by atoms with Crippen molar-refractivity contribution >= 4 is 6.20 Å². The van der Waals surface area contributed by atoms with E-state index in [1.165, 1.54) is 0 Å². The molecule has 1 aromatic rings. The van der Waals surface area contributed by atoms with E-state index in [-0.39, 0.29) is 0 Å². The molecule has 54 valence electrons. The second kappa shape index (κ2) is 3.14. The van der Waals surface area contributed by atoms with Gasteiger partial charge in [0.1, 0.15) is 0 Å². The van der Waals surface area contributed by atoms with Crippen molar-refractivity contribution < 1.29 is 5.21 Å². The fourth-order valence-electron chi connectivity index (χ4n) is 0.660. The Morgan fingerprint density at radius 3 is 3.20 bits per heavy atom. The molecule has 0 aromatic carbocycles. The van der Waals surface area contributed by atoms with Crippen LogP contribution in [-0.4, -0.2) is 15.0 Å². The summed E-state index contributed by atoms with van der Waals surface area (Å²) in [6.45, 7) is 3.93. The smallest absolute Gasteiger partial charge is 0.0539 e. The molecule has 1 heterocycles. The molecule has 0 fully saturated rings.